The zero-order valence-corrected chi connectivity index (χ0v) is 11.2. The molecule has 1 amide bonds. The van der Waals surface area contributed by atoms with Gasteiger partial charge in [-0.3, -0.25) is 4.79 Å². The first-order valence-corrected chi connectivity index (χ1v) is 7.44. The highest BCUT2D eigenvalue weighted by Crippen LogP contribution is 2.27. The molecule has 3 aliphatic rings. The molecule has 3 aliphatic heterocycles. The van der Waals surface area contributed by atoms with Crippen molar-refractivity contribution in [3.63, 3.8) is 0 Å². The molecule has 0 aromatic heterocycles. The van der Waals surface area contributed by atoms with Gasteiger partial charge in [-0.15, -0.1) is 0 Å². The molecule has 3 fully saturated rings. The summed E-state index contributed by atoms with van der Waals surface area (Å²) in [5, 5.41) is 3.63. The molecule has 3 heterocycles. The van der Waals surface area contributed by atoms with E-state index in [1.807, 2.05) is 0 Å². The van der Waals surface area contributed by atoms with Crippen LogP contribution in [0.2, 0.25) is 0 Å². The van der Waals surface area contributed by atoms with Crippen LogP contribution >= 0.6 is 0 Å². The molecule has 3 rings (SSSR count). The lowest BCUT2D eigenvalue weighted by Gasteiger charge is -2.28. The molecule has 0 aliphatic carbocycles. The molecule has 0 radical (unpaired) electrons. The van der Waals surface area contributed by atoms with Crippen LogP contribution in [0.5, 0.6) is 0 Å². The maximum Gasteiger partial charge on any atom is 0.228 e. The molecule has 4 heteroatoms. The number of rotatable bonds is 2. The normalized spacial score (nSPS) is 39.9. The lowest BCUT2D eigenvalue weighted by molar-refractivity contribution is -0.137. The molecule has 0 aromatic rings. The number of nitrogens with one attached hydrogen (secondary N) is 1. The smallest absolute Gasteiger partial charge is 0.228 e. The van der Waals surface area contributed by atoms with Crippen LogP contribution in [-0.2, 0) is 9.53 Å². The summed E-state index contributed by atoms with van der Waals surface area (Å²) in [6.45, 7) is 4.71. The number of nitrogens with zero attached hydrogens (tertiary/aromatic N) is 1. The first-order valence-electron chi connectivity index (χ1n) is 7.44. The first-order chi connectivity index (χ1) is 8.78. The van der Waals surface area contributed by atoms with Gasteiger partial charge in [-0.25, -0.2) is 0 Å². The number of hydrogen-bond acceptors (Lipinski definition) is 3. The second-order valence-corrected chi connectivity index (χ2v) is 5.92. The molecule has 1 N–H and O–H groups in total. The number of carbonyl (C=O) groups excluding carboxylic acids is 1. The van der Waals surface area contributed by atoms with E-state index in [4.69, 9.17) is 4.74 Å². The van der Waals surface area contributed by atoms with Gasteiger partial charge in [0.15, 0.2) is 0 Å². The van der Waals surface area contributed by atoms with E-state index in [0.717, 1.165) is 39.0 Å². The Morgan fingerprint density at radius 1 is 1.28 bits per heavy atom. The van der Waals surface area contributed by atoms with E-state index in [2.05, 4.69) is 17.1 Å². The van der Waals surface area contributed by atoms with Gasteiger partial charge >= 0.3 is 0 Å². The largest absolute Gasteiger partial charge is 0.377 e. The minimum atomic E-state index is 0.117. The highest BCUT2D eigenvalue weighted by molar-refractivity contribution is 5.79. The third-order valence-corrected chi connectivity index (χ3v) is 4.76. The van der Waals surface area contributed by atoms with Crippen molar-refractivity contribution in [2.45, 2.75) is 57.2 Å². The Morgan fingerprint density at radius 3 is 2.94 bits per heavy atom. The molecular weight excluding hydrogens is 228 g/mol. The number of carbonyl (C=O) groups is 1. The highest BCUT2D eigenvalue weighted by atomic mass is 16.5. The van der Waals surface area contributed by atoms with Crippen molar-refractivity contribution in [1.82, 2.24) is 10.2 Å². The summed E-state index contributed by atoms with van der Waals surface area (Å²) in [6, 6.07) is 1.18. The van der Waals surface area contributed by atoms with Crippen LogP contribution in [-0.4, -0.2) is 48.7 Å². The molecule has 0 aromatic carbocycles. The summed E-state index contributed by atoms with van der Waals surface area (Å²) in [5.74, 6) is 0.459. The summed E-state index contributed by atoms with van der Waals surface area (Å²) in [6.07, 6.45) is 5.66. The van der Waals surface area contributed by atoms with Gasteiger partial charge in [0.1, 0.15) is 0 Å². The number of hydrogen-bond donors (Lipinski definition) is 1. The van der Waals surface area contributed by atoms with Gasteiger partial charge in [0.05, 0.1) is 12.0 Å². The molecule has 4 unspecified atom stereocenters. The predicted molar refractivity (Wildman–Crippen MR) is 69.3 cm³/mol. The quantitative estimate of drug-likeness (QED) is 0.801. The van der Waals surface area contributed by atoms with Crippen molar-refractivity contribution in [2.24, 2.45) is 5.92 Å². The summed E-state index contributed by atoms with van der Waals surface area (Å²) >= 11 is 0. The molecule has 2 bridgehead atoms. The van der Waals surface area contributed by atoms with Gasteiger partial charge in [0, 0.05) is 31.8 Å². The summed E-state index contributed by atoms with van der Waals surface area (Å²) < 4.78 is 5.66. The van der Waals surface area contributed by atoms with Crippen LogP contribution in [0, 0.1) is 5.92 Å². The zero-order valence-electron chi connectivity index (χ0n) is 11.2. The van der Waals surface area contributed by atoms with Crippen molar-refractivity contribution in [3.8, 4) is 0 Å². The van der Waals surface area contributed by atoms with E-state index in [0.29, 0.717) is 18.0 Å². The Hall–Kier alpha value is -0.610. The fraction of sp³-hybridized carbons (Fsp3) is 0.929. The van der Waals surface area contributed by atoms with Crippen LogP contribution in [0.15, 0.2) is 0 Å². The number of amides is 1. The second-order valence-electron chi connectivity index (χ2n) is 5.92. The van der Waals surface area contributed by atoms with Crippen LogP contribution in [0.3, 0.4) is 0 Å². The van der Waals surface area contributed by atoms with E-state index in [1.54, 1.807) is 0 Å². The van der Waals surface area contributed by atoms with Crippen LogP contribution in [0.4, 0.5) is 0 Å². The van der Waals surface area contributed by atoms with Crippen LogP contribution in [0.25, 0.3) is 0 Å². The monoisotopic (exact) mass is 252 g/mol. The van der Waals surface area contributed by atoms with Gasteiger partial charge in [-0.2, -0.15) is 0 Å². The maximum absolute atomic E-state index is 12.6. The molecule has 4 nitrogen and oxygen atoms in total. The summed E-state index contributed by atoms with van der Waals surface area (Å²) in [4.78, 5) is 14.7. The van der Waals surface area contributed by atoms with Crippen molar-refractivity contribution in [3.05, 3.63) is 0 Å². The van der Waals surface area contributed by atoms with Gasteiger partial charge in [0.2, 0.25) is 5.91 Å². The van der Waals surface area contributed by atoms with E-state index in [1.165, 1.54) is 12.8 Å². The molecule has 0 saturated carbocycles. The lowest BCUT2D eigenvalue weighted by atomic mass is 9.97. The van der Waals surface area contributed by atoms with Gasteiger partial charge in [0.25, 0.3) is 0 Å². The molecule has 0 spiro atoms. The number of likely N-dealkylation sites (tertiary alicyclic amines) is 1. The van der Waals surface area contributed by atoms with E-state index in [-0.39, 0.29) is 12.0 Å². The fourth-order valence-corrected chi connectivity index (χ4v) is 3.71. The average Bonchev–Trinajstić information content (AvgIpc) is 2.94. The number of fused-ring (bicyclic) bond motifs is 2. The van der Waals surface area contributed by atoms with Gasteiger partial charge < -0.3 is 15.0 Å². The zero-order chi connectivity index (χ0) is 12.5. The second kappa shape index (κ2) is 5.17. The van der Waals surface area contributed by atoms with E-state index < -0.39 is 0 Å². The minimum absolute atomic E-state index is 0.117. The number of ether oxygens (including phenoxy) is 1. The molecule has 3 saturated heterocycles. The third-order valence-electron chi connectivity index (χ3n) is 4.76. The van der Waals surface area contributed by atoms with Crippen molar-refractivity contribution in [1.29, 1.82) is 0 Å². The Labute approximate surface area is 109 Å². The third kappa shape index (κ3) is 2.28. The Kier molecular flexibility index (Phi) is 3.57. The first kappa shape index (κ1) is 12.4. The standard InChI is InChI=1S/C14H24N2O2/c1-2-13-12(6-8-18-13)14(17)16-7-5-10-3-4-11(9-16)15-10/h10-13,15H,2-9H2,1H3. The van der Waals surface area contributed by atoms with Crippen LogP contribution < -0.4 is 5.32 Å². The molecule has 102 valence electrons. The van der Waals surface area contributed by atoms with Gasteiger partial charge in [-0.1, -0.05) is 6.92 Å². The summed E-state index contributed by atoms with van der Waals surface area (Å²) in [5.41, 5.74) is 0. The molecule has 4 atom stereocenters. The topological polar surface area (TPSA) is 41.6 Å². The lowest BCUT2D eigenvalue weighted by Crippen LogP contribution is -2.43. The van der Waals surface area contributed by atoms with Crippen molar-refractivity contribution in [2.75, 3.05) is 19.7 Å². The molecule has 18 heavy (non-hydrogen) atoms. The van der Waals surface area contributed by atoms with Crippen molar-refractivity contribution >= 4 is 5.91 Å². The average molecular weight is 252 g/mol. The Balaban J connectivity index is 1.65. The van der Waals surface area contributed by atoms with E-state index in [9.17, 15) is 4.79 Å². The predicted octanol–water partition coefficient (Wildman–Crippen LogP) is 1.15. The maximum atomic E-state index is 12.6. The minimum Gasteiger partial charge on any atom is -0.377 e. The highest BCUT2D eigenvalue weighted by Gasteiger charge is 2.38. The Morgan fingerprint density at radius 2 is 2.11 bits per heavy atom. The van der Waals surface area contributed by atoms with Gasteiger partial charge in [-0.05, 0) is 32.1 Å². The van der Waals surface area contributed by atoms with E-state index >= 15 is 0 Å². The van der Waals surface area contributed by atoms with Crippen LogP contribution in [0.1, 0.15) is 39.0 Å². The fourth-order valence-electron chi connectivity index (χ4n) is 3.71. The Bertz CT molecular complexity index is 321. The SMILES string of the molecule is CCC1OCCC1C(=O)N1CCC2CCC(C1)N2. The summed E-state index contributed by atoms with van der Waals surface area (Å²) in [7, 11) is 0. The molecular formula is C14H24N2O2. The van der Waals surface area contributed by atoms with Crippen molar-refractivity contribution < 1.29 is 9.53 Å².